The Kier molecular flexibility index (Phi) is 4.66. The summed E-state index contributed by atoms with van der Waals surface area (Å²) < 4.78 is 10.8. The summed E-state index contributed by atoms with van der Waals surface area (Å²) in [6.45, 7) is 5.06. The number of hydrogen-bond acceptors (Lipinski definition) is 4. The van der Waals surface area contributed by atoms with Crippen LogP contribution in [0.1, 0.15) is 24.9 Å². The predicted molar refractivity (Wildman–Crippen MR) is 76.7 cm³/mol. The van der Waals surface area contributed by atoms with Gasteiger partial charge in [0, 0.05) is 17.7 Å². The van der Waals surface area contributed by atoms with Crippen LogP contribution in [0.2, 0.25) is 0 Å². The lowest BCUT2D eigenvalue weighted by Crippen LogP contribution is -2.28. The Bertz CT molecular complexity index is 411. The predicted octanol–water partition coefficient (Wildman–Crippen LogP) is 2.05. The molecule has 2 N–H and O–H groups in total. The Labute approximate surface area is 115 Å². The van der Waals surface area contributed by atoms with Gasteiger partial charge >= 0.3 is 0 Å². The van der Waals surface area contributed by atoms with E-state index in [9.17, 15) is 0 Å². The van der Waals surface area contributed by atoms with E-state index in [-0.39, 0.29) is 0 Å². The summed E-state index contributed by atoms with van der Waals surface area (Å²) in [5.41, 5.74) is 7.15. The van der Waals surface area contributed by atoms with Crippen molar-refractivity contribution in [2.24, 2.45) is 11.7 Å². The fraction of sp³-hybridized carbons (Fsp3) is 0.600. The van der Waals surface area contributed by atoms with Crippen LogP contribution >= 0.6 is 0 Å². The van der Waals surface area contributed by atoms with Gasteiger partial charge in [-0.2, -0.15) is 0 Å². The highest BCUT2D eigenvalue weighted by Crippen LogP contribution is 2.41. The number of hydrogen-bond donors (Lipinski definition) is 1. The Morgan fingerprint density at radius 3 is 2.68 bits per heavy atom. The first-order valence-electron chi connectivity index (χ1n) is 6.91. The van der Waals surface area contributed by atoms with Crippen LogP contribution < -0.4 is 15.2 Å². The molecule has 1 heterocycles. The van der Waals surface area contributed by atoms with Gasteiger partial charge < -0.3 is 15.2 Å². The summed E-state index contributed by atoms with van der Waals surface area (Å²) >= 11 is 0. The number of ether oxygens (including phenoxy) is 2. The van der Waals surface area contributed by atoms with Gasteiger partial charge in [-0.1, -0.05) is 13.0 Å². The molecule has 0 amide bonds. The monoisotopic (exact) mass is 264 g/mol. The van der Waals surface area contributed by atoms with Crippen LogP contribution in [0.15, 0.2) is 18.2 Å². The maximum absolute atomic E-state index is 5.93. The number of benzene rings is 1. The average molecular weight is 264 g/mol. The molecule has 1 aliphatic heterocycles. The topological polar surface area (TPSA) is 47.7 Å². The van der Waals surface area contributed by atoms with Gasteiger partial charge in [0.1, 0.15) is 11.5 Å². The molecule has 106 valence electrons. The van der Waals surface area contributed by atoms with E-state index in [1.807, 2.05) is 12.1 Å². The summed E-state index contributed by atoms with van der Waals surface area (Å²) in [4.78, 5) is 2.47. The van der Waals surface area contributed by atoms with Gasteiger partial charge in [0.05, 0.1) is 14.2 Å². The SMILES string of the molecule is CCN1CCC(CN)C1c1ccc(OC)cc1OC. The number of methoxy groups -OCH3 is 2. The van der Waals surface area contributed by atoms with Crippen LogP contribution in [-0.2, 0) is 0 Å². The Morgan fingerprint density at radius 2 is 2.11 bits per heavy atom. The van der Waals surface area contributed by atoms with Gasteiger partial charge in [-0.15, -0.1) is 0 Å². The van der Waals surface area contributed by atoms with Crippen LogP contribution in [0, 0.1) is 5.92 Å². The first-order valence-corrected chi connectivity index (χ1v) is 6.91. The second kappa shape index (κ2) is 6.26. The first-order chi connectivity index (χ1) is 9.24. The minimum Gasteiger partial charge on any atom is -0.497 e. The third-order valence-electron chi connectivity index (χ3n) is 4.10. The van der Waals surface area contributed by atoms with Gasteiger partial charge in [-0.25, -0.2) is 0 Å². The molecule has 1 aliphatic rings. The van der Waals surface area contributed by atoms with Gasteiger partial charge in [0.15, 0.2) is 0 Å². The van der Waals surface area contributed by atoms with Gasteiger partial charge in [0.2, 0.25) is 0 Å². The van der Waals surface area contributed by atoms with Gasteiger partial charge in [-0.3, -0.25) is 4.90 Å². The van der Waals surface area contributed by atoms with E-state index in [1.165, 1.54) is 5.56 Å². The summed E-state index contributed by atoms with van der Waals surface area (Å²) in [6.07, 6.45) is 1.16. The molecule has 19 heavy (non-hydrogen) atoms. The Morgan fingerprint density at radius 1 is 1.32 bits per heavy atom. The summed E-state index contributed by atoms with van der Waals surface area (Å²) in [5.74, 6) is 2.22. The standard InChI is InChI=1S/C15H24N2O2/c1-4-17-8-7-11(10-16)15(17)13-6-5-12(18-2)9-14(13)19-3/h5-6,9,11,15H,4,7-8,10,16H2,1-3H3. The lowest BCUT2D eigenvalue weighted by atomic mass is 9.93. The highest BCUT2D eigenvalue weighted by molar-refractivity contribution is 5.43. The van der Waals surface area contributed by atoms with Crippen LogP contribution in [0.5, 0.6) is 11.5 Å². The molecule has 1 aromatic carbocycles. The van der Waals surface area contributed by atoms with Crippen LogP contribution in [0.4, 0.5) is 0 Å². The van der Waals surface area contributed by atoms with Crippen LogP contribution in [-0.4, -0.2) is 38.8 Å². The average Bonchev–Trinajstić information content (AvgIpc) is 2.89. The molecule has 1 saturated heterocycles. The maximum Gasteiger partial charge on any atom is 0.127 e. The molecule has 4 heteroatoms. The molecular weight excluding hydrogens is 240 g/mol. The normalized spacial score (nSPS) is 23.6. The molecule has 4 nitrogen and oxygen atoms in total. The number of rotatable bonds is 5. The highest BCUT2D eigenvalue weighted by Gasteiger charge is 2.35. The van der Waals surface area contributed by atoms with E-state index in [4.69, 9.17) is 15.2 Å². The van der Waals surface area contributed by atoms with Gasteiger partial charge in [0.25, 0.3) is 0 Å². The van der Waals surface area contributed by atoms with E-state index >= 15 is 0 Å². The zero-order valence-electron chi connectivity index (χ0n) is 12.1. The zero-order chi connectivity index (χ0) is 13.8. The Hall–Kier alpha value is -1.26. The molecule has 0 aliphatic carbocycles. The van der Waals surface area contributed by atoms with Crippen molar-refractivity contribution in [2.45, 2.75) is 19.4 Å². The molecule has 1 fully saturated rings. The molecule has 0 saturated carbocycles. The van der Waals surface area contributed by atoms with E-state index in [1.54, 1.807) is 14.2 Å². The molecule has 0 bridgehead atoms. The zero-order valence-corrected chi connectivity index (χ0v) is 12.1. The molecule has 1 aromatic rings. The molecular formula is C15H24N2O2. The van der Waals surface area contributed by atoms with E-state index in [0.717, 1.165) is 37.6 Å². The third kappa shape index (κ3) is 2.69. The lowest BCUT2D eigenvalue weighted by Gasteiger charge is -2.28. The van der Waals surface area contributed by atoms with Crippen molar-refractivity contribution in [2.75, 3.05) is 33.9 Å². The summed E-state index contributed by atoms with van der Waals surface area (Å²) in [6, 6.07) is 6.42. The number of nitrogens with zero attached hydrogens (tertiary/aromatic N) is 1. The number of likely N-dealkylation sites (tertiary alicyclic amines) is 1. The first kappa shape index (κ1) is 14.2. The van der Waals surface area contributed by atoms with Gasteiger partial charge in [-0.05, 0) is 38.0 Å². The summed E-state index contributed by atoms with van der Waals surface area (Å²) in [7, 11) is 3.38. The van der Waals surface area contributed by atoms with E-state index < -0.39 is 0 Å². The fourth-order valence-electron chi connectivity index (χ4n) is 3.04. The summed E-state index contributed by atoms with van der Waals surface area (Å²) in [5, 5.41) is 0. The van der Waals surface area contributed by atoms with Crippen LogP contribution in [0.3, 0.4) is 0 Å². The Balaban J connectivity index is 2.37. The second-order valence-electron chi connectivity index (χ2n) is 4.97. The molecule has 2 rings (SSSR count). The highest BCUT2D eigenvalue weighted by atomic mass is 16.5. The lowest BCUT2D eigenvalue weighted by molar-refractivity contribution is 0.235. The van der Waals surface area contributed by atoms with E-state index in [2.05, 4.69) is 17.9 Å². The molecule has 2 atom stereocenters. The quantitative estimate of drug-likeness (QED) is 0.884. The van der Waals surface area contributed by atoms with Crippen molar-refractivity contribution in [1.29, 1.82) is 0 Å². The van der Waals surface area contributed by atoms with Crippen molar-refractivity contribution in [3.05, 3.63) is 23.8 Å². The largest absolute Gasteiger partial charge is 0.497 e. The molecule has 0 spiro atoms. The van der Waals surface area contributed by atoms with Crippen molar-refractivity contribution < 1.29 is 9.47 Å². The van der Waals surface area contributed by atoms with Crippen molar-refractivity contribution in [3.8, 4) is 11.5 Å². The maximum atomic E-state index is 5.93. The molecule has 0 aromatic heterocycles. The van der Waals surface area contributed by atoms with Crippen LogP contribution in [0.25, 0.3) is 0 Å². The smallest absolute Gasteiger partial charge is 0.127 e. The van der Waals surface area contributed by atoms with E-state index in [0.29, 0.717) is 12.0 Å². The van der Waals surface area contributed by atoms with Crippen molar-refractivity contribution >= 4 is 0 Å². The molecule has 0 radical (unpaired) electrons. The van der Waals surface area contributed by atoms with Crippen molar-refractivity contribution in [3.63, 3.8) is 0 Å². The molecule has 2 unspecified atom stereocenters. The second-order valence-corrected chi connectivity index (χ2v) is 4.97. The van der Waals surface area contributed by atoms with Crippen molar-refractivity contribution in [1.82, 2.24) is 4.90 Å². The minimum absolute atomic E-state index is 0.357. The number of nitrogens with two attached hydrogens (primary N) is 1. The third-order valence-corrected chi connectivity index (χ3v) is 4.10. The minimum atomic E-state index is 0.357. The fourth-order valence-corrected chi connectivity index (χ4v) is 3.04.